The number of nitrogens with one attached hydrogen (secondary N) is 2. The predicted molar refractivity (Wildman–Crippen MR) is 112 cm³/mol. The lowest BCUT2D eigenvalue weighted by molar-refractivity contribution is 0.481. The van der Waals surface area contributed by atoms with E-state index in [0.29, 0.717) is 17.1 Å². The molecule has 2 N–H and O–H groups in total. The maximum absolute atomic E-state index is 5.46. The zero-order chi connectivity index (χ0) is 18.5. The monoisotopic (exact) mass is 369 g/mol. The molecule has 2 aromatic rings. The van der Waals surface area contributed by atoms with Gasteiger partial charge in [0.15, 0.2) is 5.11 Å². The molecule has 1 aliphatic heterocycles. The highest BCUT2D eigenvalue weighted by molar-refractivity contribution is 7.80. The number of hydrogen-bond acceptors (Lipinski definition) is 4. The van der Waals surface area contributed by atoms with Crippen LogP contribution in [0, 0.1) is 6.92 Å². The predicted octanol–water partition coefficient (Wildman–Crippen LogP) is 4.21. The van der Waals surface area contributed by atoms with Crippen molar-refractivity contribution in [1.82, 2.24) is 15.3 Å². The van der Waals surface area contributed by atoms with E-state index >= 15 is 0 Å². The number of hydrogen-bond donors (Lipinski definition) is 2. The summed E-state index contributed by atoms with van der Waals surface area (Å²) in [6.45, 7) is 7.39. The molecule has 138 valence electrons. The molecule has 0 amide bonds. The average Bonchev–Trinajstić information content (AvgIpc) is 2.62. The van der Waals surface area contributed by atoms with Crippen molar-refractivity contribution < 1.29 is 0 Å². The van der Waals surface area contributed by atoms with Crippen LogP contribution in [0.5, 0.6) is 0 Å². The zero-order valence-corrected chi connectivity index (χ0v) is 16.5. The maximum atomic E-state index is 5.46. The summed E-state index contributed by atoms with van der Waals surface area (Å²) in [4.78, 5) is 11.6. The van der Waals surface area contributed by atoms with Gasteiger partial charge in [-0.1, -0.05) is 30.3 Å². The quantitative estimate of drug-likeness (QED) is 0.788. The summed E-state index contributed by atoms with van der Waals surface area (Å²) in [5.74, 6) is 1.53. The Bertz CT molecular complexity index is 749. The molecule has 1 aromatic heterocycles. The lowest BCUT2D eigenvalue weighted by Gasteiger charge is -2.34. The molecule has 6 heteroatoms. The first kappa shape index (κ1) is 18.6. The van der Waals surface area contributed by atoms with Crippen LogP contribution in [0.2, 0.25) is 0 Å². The molecule has 0 unspecified atom stereocenters. The molecule has 2 heterocycles. The molecule has 0 aliphatic carbocycles. The van der Waals surface area contributed by atoms with E-state index in [4.69, 9.17) is 17.2 Å². The first-order chi connectivity index (χ1) is 12.5. The smallest absolute Gasteiger partial charge is 0.231 e. The van der Waals surface area contributed by atoms with Crippen molar-refractivity contribution in [3.05, 3.63) is 47.7 Å². The van der Waals surface area contributed by atoms with Gasteiger partial charge in [0, 0.05) is 24.3 Å². The summed E-state index contributed by atoms with van der Waals surface area (Å²) in [6.07, 6.45) is 3.71. The Morgan fingerprint density at radius 1 is 1.23 bits per heavy atom. The van der Waals surface area contributed by atoms with Gasteiger partial charge in [-0.15, -0.1) is 0 Å². The minimum Gasteiger partial charge on any atom is -0.356 e. The van der Waals surface area contributed by atoms with Crippen LogP contribution in [0.1, 0.15) is 50.4 Å². The minimum atomic E-state index is 0.114. The van der Waals surface area contributed by atoms with Crippen LogP contribution in [0.3, 0.4) is 0 Å². The zero-order valence-electron chi connectivity index (χ0n) is 15.7. The molecule has 26 heavy (non-hydrogen) atoms. The molecular formula is C20H27N5S. The van der Waals surface area contributed by atoms with Crippen molar-refractivity contribution in [2.75, 3.05) is 16.8 Å². The number of piperidine rings is 1. The average molecular weight is 370 g/mol. The van der Waals surface area contributed by atoms with Crippen molar-refractivity contribution in [2.45, 2.75) is 52.1 Å². The molecule has 0 saturated carbocycles. The number of aryl methyl sites for hydroxylation is 1. The van der Waals surface area contributed by atoms with Gasteiger partial charge in [-0.3, -0.25) is 0 Å². The Morgan fingerprint density at radius 2 is 2.00 bits per heavy atom. The van der Waals surface area contributed by atoms with Crippen LogP contribution in [0.15, 0.2) is 36.4 Å². The molecule has 0 radical (unpaired) electrons. The minimum absolute atomic E-state index is 0.114. The Morgan fingerprint density at radius 3 is 2.73 bits per heavy atom. The van der Waals surface area contributed by atoms with Gasteiger partial charge in [-0.05, 0) is 57.8 Å². The van der Waals surface area contributed by atoms with Gasteiger partial charge in [0.2, 0.25) is 5.95 Å². The summed E-state index contributed by atoms with van der Waals surface area (Å²) in [5.41, 5.74) is 2.12. The highest BCUT2D eigenvalue weighted by atomic mass is 32.1. The molecule has 0 bridgehead atoms. The Hall–Kier alpha value is -2.21. The lowest BCUT2D eigenvalue weighted by Crippen LogP contribution is -2.38. The van der Waals surface area contributed by atoms with E-state index in [1.165, 1.54) is 24.8 Å². The third-order valence-electron chi connectivity index (χ3n) is 4.81. The number of thiocarbonyl (C=S) groups is 1. The highest BCUT2D eigenvalue weighted by Crippen LogP contribution is 2.24. The summed E-state index contributed by atoms with van der Waals surface area (Å²) in [5, 5.41) is 6.98. The highest BCUT2D eigenvalue weighted by Gasteiger charge is 2.20. The molecule has 5 nitrogen and oxygen atoms in total. The van der Waals surface area contributed by atoms with Gasteiger partial charge in [0.05, 0.1) is 6.04 Å². The summed E-state index contributed by atoms with van der Waals surface area (Å²) < 4.78 is 0. The van der Waals surface area contributed by atoms with Crippen molar-refractivity contribution in [1.29, 1.82) is 0 Å². The van der Waals surface area contributed by atoms with E-state index in [-0.39, 0.29) is 6.04 Å². The third-order valence-corrected chi connectivity index (χ3v) is 5.03. The van der Waals surface area contributed by atoms with Crippen molar-refractivity contribution in [3.8, 4) is 0 Å². The number of rotatable bonds is 4. The van der Waals surface area contributed by atoms with E-state index in [9.17, 15) is 0 Å². The van der Waals surface area contributed by atoms with E-state index in [2.05, 4.69) is 52.6 Å². The second-order valence-electron chi connectivity index (χ2n) is 6.96. The van der Waals surface area contributed by atoms with Gasteiger partial charge in [0.25, 0.3) is 0 Å². The van der Waals surface area contributed by atoms with E-state index in [0.717, 1.165) is 18.1 Å². The van der Waals surface area contributed by atoms with Crippen LogP contribution in [-0.2, 0) is 0 Å². The van der Waals surface area contributed by atoms with E-state index in [1.807, 2.05) is 25.1 Å². The van der Waals surface area contributed by atoms with Crippen LogP contribution in [0.4, 0.5) is 11.8 Å². The normalized spacial score (nSPS) is 18.3. The molecule has 1 saturated heterocycles. The Labute approximate surface area is 161 Å². The van der Waals surface area contributed by atoms with Crippen molar-refractivity contribution in [3.63, 3.8) is 0 Å². The maximum Gasteiger partial charge on any atom is 0.231 e. The molecule has 2 atom stereocenters. The molecule has 1 aromatic carbocycles. The summed E-state index contributed by atoms with van der Waals surface area (Å²) in [7, 11) is 0. The molecule has 3 rings (SSSR count). The Balaban J connectivity index is 1.68. The van der Waals surface area contributed by atoms with Crippen LogP contribution >= 0.6 is 12.2 Å². The van der Waals surface area contributed by atoms with Gasteiger partial charge >= 0.3 is 0 Å². The molecule has 1 fully saturated rings. The number of anilines is 2. The number of aromatic nitrogens is 2. The van der Waals surface area contributed by atoms with Gasteiger partial charge < -0.3 is 15.5 Å². The second-order valence-corrected chi connectivity index (χ2v) is 7.37. The molecule has 1 aliphatic rings. The molecule has 0 spiro atoms. The van der Waals surface area contributed by atoms with Gasteiger partial charge in [-0.2, -0.15) is 4.98 Å². The SMILES string of the molecule is Cc1cc(N2CCCC[C@H]2C)nc(NC(=S)N[C@@H](C)c2ccccc2)n1. The number of nitrogens with zero attached hydrogens (tertiary/aromatic N) is 3. The van der Waals surface area contributed by atoms with Crippen LogP contribution < -0.4 is 15.5 Å². The first-order valence-electron chi connectivity index (χ1n) is 9.27. The van der Waals surface area contributed by atoms with Crippen molar-refractivity contribution >= 4 is 29.1 Å². The topological polar surface area (TPSA) is 53.1 Å². The fourth-order valence-corrected chi connectivity index (χ4v) is 3.62. The number of benzene rings is 1. The first-order valence-corrected chi connectivity index (χ1v) is 9.68. The van der Waals surface area contributed by atoms with Crippen molar-refractivity contribution in [2.24, 2.45) is 0 Å². The van der Waals surface area contributed by atoms with E-state index in [1.54, 1.807) is 0 Å². The summed E-state index contributed by atoms with van der Waals surface area (Å²) >= 11 is 5.46. The molecular weight excluding hydrogens is 342 g/mol. The van der Waals surface area contributed by atoms with Gasteiger partial charge in [-0.25, -0.2) is 4.98 Å². The Kier molecular flexibility index (Phi) is 6.04. The summed E-state index contributed by atoms with van der Waals surface area (Å²) in [6, 6.07) is 12.9. The standard InChI is InChI=1S/C20H27N5S/c1-14-13-18(25-12-8-7-9-15(25)2)23-19(21-14)24-20(26)22-16(3)17-10-5-4-6-11-17/h4-6,10-11,13,15-16H,7-9,12H2,1-3H3,(H2,21,22,23,24,26)/t15-,16+/m1/s1. The van der Waals surface area contributed by atoms with Crippen LogP contribution in [0.25, 0.3) is 0 Å². The third kappa shape index (κ3) is 4.69. The largest absolute Gasteiger partial charge is 0.356 e. The van der Waals surface area contributed by atoms with E-state index < -0.39 is 0 Å². The second kappa shape index (κ2) is 8.45. The fraction of sp³-hybridized carbons (Fsp3) is 0.450. The fourth-order valence-electron chi connectivity index (χ4n) is 3.35. The van der Waals surface area contributed by atoms with Gasteiger partial charge in [0.1, 0.15) is 5.82 Å². The van der Waals surface area contributed by atoms with Crippen LogP contribution in [-0.4, -0.2) is 27.7 Å². The lowest BCUT2D eigenvalue weighted by atomic mass is 10.0.